The summed E-state index contributed by atoms with van der Waals surface area (Å²) in [5.74, 6) is -0.250. The van der Waals surface area contributed by atoms with E-state index in [1.54, 1.807) is 6.07 Å². The van der Waals surface area contributed by atoms with Crippen LogP contribution in [0.5, 0.6) is 0 Å². The Hall–Kier alpha value is -1.98. The van der Waals surface area contributed by atoms with E-state index in [0.717, 1.165) is 20.3 Å². The molecule has 0 radical (unpaired) electrons. The molecule has 0 bridgehead atoms. The third-order valence-electron chi connectivity index (χ3n) is 3.52. The molecule has 0 aliphatic carbocycles. The van der Waals surface area contributed by atoms with Gasteiger partial charge in [0.2, 0.25) is 0 Å². The summed E-state index contributed by atoms with van der Waals surface area (Å²) in [5.41, 5.74) is 2.83. The Morgan fingerprint density at radius 1 is 1.30 bits per heavy atom. The van der Waals surface area contributed by atoms with Crippen LogP contribution in [0.3, 0.4) is 0 Å². The van der Waals surface area contributed by atoms with Gasteiger partial charge < -0.3 is 4.57 Å². The number of amides is 1. The van der Waals surface area contributed by atoms with E-state index in [1.807, 2.05) is 34.9 Å². The molecule has 0 saturated heterocycles. The highest BCUT2D eigenvalue weighted by molar-refractivity contribution is 9.10. The van der Waals surface area contributed by atoms with E-state index in [2.05, 4.69) is 46.6 Å². The number of carbonyl (C=O) groups is 1. The monoisotopic (exact) mass is 386 g/mol. The zero-order valence-electron chi connectivity index (χ0n) is 12.6. The predicted molar refractivity (Wildman–Crippen MR) is 98.8 cm³/mol. The van der Waals surface area contributed by atoms with Crippen LogP contribution in [0, 0.1) is 6.92 Å². The molecule has 3 aromatic rings. The van der Waals surface area contributed by atoms with Gasteiger partial charge in [-0.25, -0.2) is 0 Å². The average molecular weight is 387 g/mol. The van der Waals surface area contributed by atoms with E-state index in [9.17, 15) is 4.79 Å². The van der Waals surface area contributed by atoms with Crippen LogP contribution in [0.1, 0.15) is 15.9 Å². The molecule has 0 atom stereocenters. The summed E-state index contributed by atoms with van der Waals surface area (Å²) in [7, 11) is 0. The summed E-state index contributed by atoms with van der Waals surface area (Å²) in [6, 6.07) is 13.5. The molecule has 0 fully saturated rings. The van der Waals surface area contributed by atoms with Crippen molar-refractivity contribution in [2.24, 2.45) is 4.99 Å². The number of fused-ring (bicyclic) bond motifs is 1. The van der Waals surface area contributed by atoms with Gasteiger partial charge in [0.15, 0.2) is 4.80 Å². The van der Waals surface area contributed by atoms with Gasteiger partial charge in [0.1, 0.15) is 0 Å². The van der Waals surface area contributed by atoms with E-state index >= 15 is 0 Å². The predicted octanol–water partition coefficient (Wildman–Crippen LogP) is 4.70. The quantitative estimate of drug-likeness (QED) is 0.600. The number of thiazole rings is 1. The Balaban J connectivity index is 2.21. The van der Waals surface area contributed by atoms with Crippen molar-refractivity contribution >= 4 is 43.4 Å². The number of carbonyl (C=O) groups excluding carboxylic acids is 1. The van der Waals surface area contributed by atoms with Crippen LogP contribution in [0.2, 0.25) is 0 Å². The van der Waals surface area contributed by atoms with Crippen molar-refractivity contribution < 1.29 is 4.79 Å². The maximum atomic E-state index is 12.5. The maximum absolute atomic E-state index is 12.5. The third-order valence-corrected chi connectivity index (χ3v) is 5.25. The highest BCUT2D eigenvalue weighted by atomic mass is 79.9. The van der Waals surface area contributed by atoms with Gasteiger partial charge in [0.25, 0.3) is 5.91 Å². The molecule has 1 heterocycles. The summed E-state index contributed by atoms with van der Waals surface area (Å²) in [6.45, 7) is 6.50. The fraction of sp³-hybridized carbons (Fsp3) is 0.111. The first-order valence-corrected chi connectivity index (χ1v) is 8.76. The van der Waals surface area contributed by atoms with Gasteiger partial charge in [-0.2, -0.15) is 4.99 Å². The van der Waals surface area contributed by atoms with E-state index < -0.39 is 0 Å². The highest BCUT2D eigenvalue weighted by Crippen LogP contribution is 2.21. The van der Waals surface area contributed by atoms with Gasteiger partial charge in [-0.1, -0.05) is 41.7 Å². The number of nitrogens with zero attached hydrogens (tertiary/aromatic N) is 2. The van der Waals surface area contributed by atoms with Gasteiger partial charge in [-0.05, 0) is 46.6 Å². The van der Waals surface area contributed by atoms with E-state index in [1.165, 1.54) is 11.3 Å². The first kappa shape index (κ1) is 15.9. The van der Waals surface area contributed by atoms with Crippen LogP contribution in [-0.2, 0) is 6.54 Å². The molecule has 0 N–H and O–H groups in total. The number of rotatable bonds is 3. The Morgan fingerprint density at radius 3 is 2.83 bits per heavy atom. The van der Waals surface area contributed by atoms with Crippen molar-refractivity contribution in [3.8, 4) is 0 Å². The second-order valence-corrected chi connectivity index (χ2v) is 6.97. The molecular weight excluding hydrogens is 372 g/mol. The molecule has 2 aromatic carbocycles. The molecule has 3 rings (SSSR count). The number of allylic oxidation sites excluding steroid dienone is 1. The molecule has 0 saturated carbocycles. The van der Waals surface area contributed by atoms with Crippen LogP contribution in [0.15, 0.2) is 64.6 Å². The molecular formula is C18H15BrN2OS. The van der Waals surface area contributed by atoms with Crippen LogP contribution in [-0.4, -0.2) is 10.5 Å². The molecule has 3 nitrogen and oxygen atoms in total. The van der Waals surface area contributed by atoms with Crippen molar-refractivity contribution in [3.63, 3.8) is 0 Å². The van der Waals surface area contributed by atoms with Gasteiger partial charge in [-0.15, -0.1) is 6.58 Å². The van der Waals surface area contributed by atoms with E-state index in [-0.39, 0.29) is 5.91 Å². The van der Waals surface area contributed by atoms with Crippen LogP contribution in [0.4, 0.5) is 0 Å². The number of benzene rings is 2. The topological polar surface area (TPSA) is 34.4 Å². The number of halogens is 1. The van der Waals surface area contributed by atoms with E-state index in [0.29, 0.717) is 16.9 Å². The smallest absolute Gasteiger partial charge is 0.280 e. The average Bonchev–Trinajstić information content (AvgIpc) is 2.87. The number of hydrogen-bond donors (Lipinski definition) is 0. The SMILES string of the molecule is C=CCn1c(=NC(=O)c2ccccc2Br)sc2cccc(C)c21. The normalized spacial score (nSPS) is 11.8. The lowest BCUT2D eigenvalue weighted by Crippen LogP contribution is -2.16. The molecule has 5 heteroatoms. The Kier molecular flexibility index (Phi) is 4.59. The molecule has 116 valence electrons. The van der Waals surface area contributed by atoms with Crippen LogP contribution in [0.25, 0.3) is 10.2 Å². The summed E-state index contributed by atoms with van der Waals surface area (Å²) in [5, 5.41) is 0. The van der Waals surface area contributed by atoms with Crippen molar-refractivity contribution in [3.05, 3.63) is 75.5 Å². The summed E-state index contributed by atoms with van der Waals surface area (Å²) in [4.78, 5) is 17.6. The Morgan fingerprint density at radius 2 is 2.09 bits per heavy atom. The summed E-state index contributed by atoms with van der Waals surface area (Å²) in [6.07, 6.45) is 1.82. The first-order valence-electron chi connectivity index (χ1n) is 7.15. The summed E-state index contributed by atoms with van der Waals surface area (Å²) >= 11 is 4.92. The van der Waals surface area contributed by atoms with Crippen molar-refractivity contribution in [1.82, 2.24) is 4.57 Å². The molecule has 0 spiro atoms. The summed E-state index contributed by atoms with van der Waals surface area (Å²) < 4.78 is 3.91. The van der Waals surface area contributed by atoms with Gasteiger partial charge in [0.05, 0.1) is 15.8 Å². The minimum atomic E-state index is -0.250. The second-order valence-electron chi connectivity index (χ2n) is 5.10. The Labute approximate surface area is 146 Å². The highest BCUT2D eigenvalue weighted by Gasteiger charge is 2.11. The minimum absolute atomic E-state index is 0.250. The van der Waals surface area contributed by atoms with Gasteiger partial charge in [-0.3, -0.25) is 4.79 Å². The molecule has 23 heavy (non-hydrogen) atoms. The fourth-order valence-electron chi connectivity index (χ4n) is 2.47. The first-order chi connectivity index (χ1) is 11.1. The lowest BCUT2D eigenvalue weighted by Gasteiger charge is -2.04. The molecule has 1 amide bonds. The zero-order chi connectivity index (χ0) is 16.4. The van der Waals surface area contributed by atoms with Crippen molar-refractivity contribution in [1.29, 1.82) is 0 Å². The molecule has 0 unspecified atom stereocenters. The fourth-order valence-corrected chi connectivity index (χ4v) is 4.04. The van der Waals surface area contributed by atoms with Gasteiger partial charge in [0, 0.05) is 11.0 Å². The standard InChI is InChI=1S/C18H15BrN2OS/c1-3-11-21-16-12(2)7-6-10-15(16)23-18(21)20-17(22)13-8-4-5-9-14(13)19/h3-10H,1,11H2,2H3. The van der Waals surface area contributed by atoms with Crippen LogP contribution >= 0.6 is 27.3 Å². The zero-order valence-corrected chi connectivity index (χ0v) is 15.0. The van der Waals surface area contributed by atoms with Crippen molar-refractivity contribution in [2.45, 2.75) is 13.5 Å². The number of aryl methyl sites for hydroxylation is 1. The third kappa shape index (κ3) is 3.07. The second kappa shape index (κ2) is 6.64. The number of aromatic nitrogens is 1. The maximum Gasteiger partial charge on any atom is 0.280 e. The minimum Gasteiger partial charge on any atom is -0.312 e. The molecule has 1 aromatic heterocycles. The largest absolute Gasteiger partial charge is 0.312 e. The van der Waals surface area contributed by atoms with E-state index in [4.69, 9.17) is 0 Å². The molecule has 0 aliphatic heterocycles. The molecule has 0 aliphatic rings. The van der Waals surface area contributed by atoms with Gasteiger partial charge >= 0.3 is 0 Å². The van der Waals surface area contributed by atoms with Crippen LogP contribution < -0.4 is 4.80 Å². The lowest BCUT2D eigenvalue weighted by molar-refractivity contribution is 0.0997. The number of para-hydroxylation sites is 1. The number of hydrogen-bond acceptors (Lipinski definition) is 2. The van der Waals surface area contributed by atoms with Crippen molar-refractivity contribution in [2.75, 3.05) is 0 Å². The lowest BCUT2D eigenvalue weighted by atomic mass is 10.2. The Bertz CT molecular complexity index is 969.